The molecule has 9 heteroatoms. The van der Waals surface area contributed by atoms with Crippen molar-refractivity contribution in [1.82, 2.24) is 25.0 Å². The van der Waals surface area contributed by atoms with Crippen molar-refractivity contribution >= 4 is 34.5 Å². The van der Waals surface area contributed by atoms with Gasteiger partial charge in [-0.25, -0.2) is 0 Å². The molecule has 2 aromatic heterocycles. The van der Waals surface area contributed by atoms with Crippen LogP contribution in [0.25, 0.3) is 22.0 Å². The number of fused-ring (bicyclic) bond motifs is 1. The van der Waals surface area contributed by atoms with E-state index in [2.05, 4.69) is 21.5 Å². The molecule has 0 bridgehead atoms. The van der Waals surface area contributed by atoms with Crippen LogP contribution in [0.3, 0.4) is 0 Å². The lowest BCUT2D eigenvalue weighted by Gasteiger charge is -2.18. The van der Waals surface area contributed by atoms with E-state index in [1.54, 1.807) is 23.1 Å². The number of aromatic nitrogens is 3. The fourth-order valence-corrected chi connectivity index (χ4v) is 4.35. The molecule has 2 amide bonds. The number of rotatable bonds is 4. The van der Waals surface area contributed by atoms with Gasteiger partial charge in [-0.05, 0) is 23.8 Å². The molecule has 146 valence electrons. The summed E-state index contributed by atoms with van der Waals surface area (Å²) in [5.41, 5.74) is 3.00. The molecule has 29 heavy (non-hydrogen) atoms. The molecule has 1 saturated heterocycles. The Bertz CT molecular complexity index is 1140. The number of carbonyl (C=O) groups excluding carboxylic acids is 2. The second-order valence-electron chi connectivity index (χ2n) is 6.68. The second kappa shape index (κ2) is 7.93. The molecule has 0 saturated carbocycles. The van der Waals surface area contributed by atoms with E-state index < -0.39 is 6.04 Å². The quantitative estimate of drug-likeness (QED) is 0.708. The summed E-state index contributed by atoms with van der Waals surface area (Å²) in [6, 6.07) is 9.02. The first-order chi connectivity index (χ1) is 14.1. The third-order valence-electron chi connectivity index (χ3n) is 4.78. The Balaban J connectivity index is 1.55. The van der Waals surface area contributed by atoms with Gasteiger partial charge >= 0.3 is 0 Å². The predicted octanol–water partition coefficient (Wildman–Crippen LogP) is 1.79. The highest BCUT2D eigenvalue weighted by Gasteiger charge is 2.29. The lowest BCUT2D eigenvalue weighted by Crippen LogP contribution is -2.42. The summed E-state index contributed by atoms with van der Waals surface area (Å²) in [5.74, 6) is 0.459. The molecule has 8 nitrogen and oxygen atoms in total. The molecule has 0 aliphatic carbocycles. The average molecular weight is 406 g/mol. The second-order valence-corrected chi connectivity index (χ2v) is 7.68. The molecule has 1 N–H and O–H groups in total. The van der Waals surface area contributed by atoms with E-state index in [4.69, 9.17) is 5.26 Å². The van der Waals surface area contributed by atoms with E-state index >= 15 is 0 Å². The average Bonchev–Trinajstić information content (AvgIpc) is 3.39. The lowest BCUT2D eigenvalue weighted by atomic mass is 10.0. The fraction of sp³-hybridized carbons (Fsp3) is 0.250. The first-order valence-corrected chi connectivity index (χ1v) is 10.1. The van der Waals surface area contributed by atoms with Gasteiger partial charge in [0.2, 0.25) is 5.91 Å². The number of benzene rings is 1. The van der Waals surface area contributed by atoms with Crippen LogP contribution in [0.4, 0.5) is 0 Å². The highest BCUT2D eigenvalue weighted by Crippen LogP contribution is 2.25. The molecule has 0 radical (unpaired) electrons. The first-order valence-electron chi connectivity index (χ1n) is 8.99. The summed E-state index contributed by atoms with van der Waals surface area (Å²) in [7, 11) is 1.84. The Morgan fingerprint density at radius 2 is 2.21 bits per heavy atom. The zero-order chi connectivity index (χ0) is 20.4. The van der Waals surface area contributed by atoms with Gasteiger partial charge in [-0.3, -0.25) is 19.3 Å². The van der Waals surface area contributed by atoms with Gasteiger partial charge in [0.15, 0.2) is 0 Å². The molecule has 1 unspecified atom stereocenters. The number of nitriles is 1. The third kappa shape index (κ3) is 3.79. The number of nitrogens with zero attached hydrogens (tertiary/aromatic N) is 5. The van der Waals surface area contributed by atoms with Crippen LogP contribution in [-0.4, -0.2) is 55.7 Å². The van der Waals surface area contributed by atoms with Gasteiger partial charge in [0, 0.05) is 36.1 Å². The van der Waals surface area contributed by atoms with Crippen LogP contribution in [0.15, 0.2) is 42.9 Å². The van der Waals surface area contributed by atoms with E-state index in [-0.39, 0.29) is 18.4 Å². The molecule has 4 rings (SSSR count). The van der Waals surface area contributed by atoms with Crippen LogP contribution in [0.5, 0.6) is 0 Å². The molecular formula is C20H18N6O2S. The van der Waals surface area contributed by atoms with Crippen LogP contribution < -0.4 is 5.32 Å². The van der Waals surface area contributed by atoms with E-state index in [1.807, 2.05) is 31.4 Å². The predicted molar refractivity (Wildman–Crippen MR) is 110 cm³/mol. The Morgan fingerprint density at radius 3 is 2.97 bits per heavy atom. The number of pyridine rings is 1. The molecule has 1 aliphatic heterocycles. The van der Waals surface area contributed by atoms with Gasteiger partial charge in [-0.15, -0.1) is 11.8 Å². The van der Waals surface area contributed by atoms with E-state index in [0.29, 0.717) is 28.1 Å². The maximum atomic E-state index is 12.8. The molecular weight excluding hydrogens is 388 g/mol. The number of hydrogen-bond donors (Lipinski definition) is 1. The van der Waals surface area contributed by atoms with Crippen molar-refractivity contribution in [3.05, 3.63) is 48.4 Å². The van der Waals surface area contributed by atoms with Crippen molar-refractivity contribution in [1.29, 1.82) is 5.26 Å². The van der Waals surface area contributed by atoms with Gasteiger partial charge in [0.05, 0.1) is 35.8 Å². The van der Waals surface area contributed by atoms with Crippen molar-refractivity contribution in [3.63, 3.8) is 0 Å². The Labute approximate surface area is 171 Å². The molecule has 3 heterocycles. The van der Waals surface area contributed by atoms with Crippen molar-refractivity contribution < 1.29 is 9.59 Å². The minimum atomic E-state index is -0.437. The fourth-order valence-electron chi connectivity index (χ4n) is 3.24. The number of carbonyl (C=O) groups is 2. The normalized spacial score (nSPS) is 16.0. The van der Waals surface area contributed by atoms with Crippen LogP contribution in [0, 0.1) is 11.3 Å². The van der Waals surface area contributed by atoms with Crippen molar-refractivity contribution in [3.8, 4) is 17.2 Å². The summed E-state index contributed by atoms with van der Waals surface area (Å²) in [4.78, 5) is 31.0. The summed E-state index contributed by atoms with van der Waals surface area (Å²) in [5, 5.41) is 16.7. The molecule has 1 aromatic carbocycles. The Kier molecular flexibility index (Phi) is 5.18. The number of nitrogens with one attached hydrogen (secondary N) is 1. The molecule has 1 fully saturated rings. The Morgan fingerprint density at radius 1 is 1.34 bits per heavy atom. The summed E-state index contributed by atoms with van der Waals surface area (Å²) < 4.78 is 1.72. The highest BCUT2D eigenvalue weighted by molar-refractivity contribution is 7.99. The van der Waals surface area contributed by atoms with E-state index in [9.17, 15) is 9.59 Å². The zero-order valence-corrected chi connectivity index (χ0v) is 16.5. The maximum Gasteiger partial charge on any atom is 0.252 e. The minimum Gasteiger partial charge on any atom is -0.343 e. The van der Waals surface area contributed by atoms with Gasteiger partial charge < -0.3 is 10.2 Å². The summed E-state index contributed by atoms with van der Waals surface area (Å²) >= 11 is 1.53. The third-order valence-corrected chi connectivity index (χ3v) is 5.79. The molecule has 1 atom stereocenters. The number of thioether (sulfide) groups is 1. The monoisotopic (exact) mass is 406 g/mol. The van der Waals surface area contributed by atoms with Crippen LogP contribution in [0.2, 0.25) is 0 Å². The van der Waals surface area contributed by atoms with Crippen LogP contribution >= 0.6 is 11.8 Å². The van der Waals surface area contributed by atoms with Crippen molar-refractivity contribution in [2.24, 2.45) is 7.05 Å². The number of amides is 2. The highest BCUT2D eigenvalue weighted by atomic mass is 32.2. The van der Waals surface area contributed by atoms with Gasteiger partial charge in [0.1, 0.15) is 6.04 Å². The van der Waals surface area contributed by atoms with Gasteiger partial charge in [-0.1, -0.05) is 6.07 Å². The smallest absolute Gasteiger partial charge is 0.252 e. The van der Waals surface area contributed by atoms with Gasteiger partial charge in [-0.2, -0.15) is 10.4 Å². The standard InChI is InChI=1S/C20H18N6O2S/c1-25-10-14(8-24-25)13-2-3-18-17(6-13)16(4-5-22-18)20(28)23-9-19(27)26-12-29-11-15(26)7-21/h2-6,8,10,15H,9,11-12H2,1H3,(H,23,28). The summed E-state index contributed by atoms with van der Waals surface area (Å²) in [6.45, 7) is -0.149. The minimum absolute atomic E-state index is 0.149. The van der Waals surface area contributed by atoms with Gasteiger partial charge in [0.25, 0.3) is 5.91 Å². The molecule has 0 spiro atoms. The number of hydrogen-bond acceptors (Lipinski definition) is 6. The van der Waals surface area contributed by atoms with Crippen molar-refractivity contribution in [2.75, 3.05) is 18.2 Å². The van der Waals surface area contributed by atoms with Crippen LogP contribution in [-0.2, 0) is 11.8 Å². The zero-order valence-electron chi connectivity index (χ0n) is 15.7. The number of aryl methyl sites for hydroxylation is 1. The van der Waals surface area contributed by atoms with E-state index in [0.717, 1.165) is 11.1 Å². The van der Waals surface area contributed by atoms with E-state index in [1.165, 1.54) is 16.7 Å². The van der Waals surface area contributed by atoms with Crippen molar-refractivity contribution in [2.45, 2.75) is 6.04 Å². The first kappa shape index (κ1) is 19.0. The largest absolute Gasteiger partial charge is 0.343 e. The SMILES string of the molecule is Cn1cc(-c2ccc3nccc(C(=O)NCC(=O)N4CSCC4C#N)c3c2)cn1. The summed E-state index contributed by atoms with van der Waals surface area (Å²) in [6.07, 6.45) is 5.23. The molecule has 1 aliphatic rings. The Hall–Kier alpha value is -3.38. The topological polar surface area (TPSA) is 104 Å². The van der Waals surface area contributed by atoms with Crippen LogP contribution in [0.1, 0.15) is 10.4 Å². The maximum absolute atomic E-state index is 12.8. The lowest BCUT2D eigenvalue weighted by molar-refractivity contribution is -0.129. The molecule has 3 aromatic rings.